The highest BCUT2D eigenvalue weighted by atomic mass is 16.5. The standard InChI is InChI=1S/C18H25N3O3/c1-13-5-4-8-20(11-13)18(23)19-14-9-17(22)21(12-14)15-6-3-7-16(10-15)24-2/h3,6-7,10,13-14H,4-5,8-9,11-12H2,1-2H3,(H,19,23)/t13-,14-/m0/s1. The van der Waals surface area contributed by atoms with Crippen LogP contribution in [-0.4, -0.2) is 49.6 Å². The number of rotatable bonds is 3. The minimum atomic E-state index is -0.145. The molecule has 0 aromatic heterocycles. The van der Waals surface area contributed by atoms with Crippen LogP contribution in [0.4, 0.5) is 10.5 Å². The van der Waals surface area contributed by atoms with Crippen LogP contribution in [0.3, 0.4) is 0 Å². The van der Waals surface area contributed by atoms with Gasteiger partial charge in [0.05, 0.1) is 13.2 Å². The summed E-state index contributed by atoms with van der Waals surface area (Å²) in [7, 11) is 1.60. The van der Waals surface area contributed by atoms with Crippen molar-refractivity contribution in [1.82, 2.24) is 10.2 Å². The molecule has 2 saturated heterocycles. The number of benzene rings is 1. The largest absolute Gasteiger partial charge is 0.497 e. The summed E-state index contributed by atoms with van der Waals surface area (Å²) in [6, 6.07) is 7.24. The van der Waals surface area contributed by atoms with Crippen molar-refractivity contribution in [3.8, 4) is 5.75 Å². The lowest BCUT2D eigenvalue weighted by molar-refractivity contribution is -0.117. The van der Waals surface area contributed by atoms with E-state index in [1.165, 1.54) is 6.42 Å². The third-order valence-corrected chi connectivity index (χ3v) is 4.76. The van der Waals surface area contributed by atoms with Crippen molar-refractivity contribution in [3.63, 3.8) is 0 Å². The number of carbonyl (C=O) groups is 2. The molecule has 3 rings (SSSR count). The molecule has 0 aliphatic carbocycles. The average molecular weight is 331 g/mol. The van der Waals surface area contributed by atoms with Crippen LogP contribution in [0.5, 0.6) is 5.75 Å². The number of ether oxygens (including phenoxy) is 1. The molecule has 2 aliphatic rings. The fourth-order valence-corrected chi connectivity index (χ4v) is 3.47. The van der Waals surface area contributed by atoms with Gasteiger partial charge >= 0.3 is 6.03 Å². The minimum absolute atomic E-state index is 0.0283. The zero-order valence-corrected chi connectivity index (χ0v) is 14.3. The van der Waals surface area contributed by atoms with Gasteiger partial charge in [-0.25, -0.2) is 4.79 Å². The van der Waals surface area contributed by atoms with Crippen LogP contribution in [0.25, 0.3) is 0 Å². The first-order valence-electron chi connectivity index (χ1n) is 8.56. The zero-order valence-electron chi connectivity index (χ0n) is 14.3. The highest BCUT2D eigenvalue weighted by Crippen LogP contribution is 2.25. The van der Waals surface area contributed by atoms with Crippen molar-refractivity contribution >= 4 is 17.6 Å². The number of nitrogens with zero attached hydrogens (tertiary/aromatic N) is 2. The summed E-state index contributed by atoms with van der Waals surface area (Å²) in [4.78, 5) is 28.3. The number of methoxy groups -OCH3 is 1. The van der Waals surface area contributed by atoms with Crippen LogP contribution >= 0.6 is 0 Å². The molecule has 1 aromatic carbocycles. The summed E-state index contributed by atoms with van der Waals surface area (Å²) < 4.78 is 5.22. The molecule has 0 bridgehead atoms. The van der Waals surface area contributed by atoms with E-state index in [1.807, 2.05) is 29.2 Å². The highest BCUT2D eigenvalue weighted by Gasteiger charge is 2.33. The van der Waals surface area contributed by atoms with Crippen LogP contribution in [0.2, 0.25) is 0 Å². The lowest BCUT2D eigenvalue weighted by Gasteiger charge is -2.31. The Kier molecular flexibility index (Phi) is 4.92. The van der Waals surface area contributed by atoms with E-state index >= 15 is 0 Å². The van der Waals surface area contributed by atoms with Crippen molar-refractivity contribution in [2.45, 2.75) is 32.2 Å². The van der Waals surface area contributed by atoms with Gasteiger partial charge in [0.2, 0.25) is 5.91 Å². The predicted octanol–water partition coefficient (Wildman–Crippen LogP) is 2.24. The number of anilines is 1. The molecule has 0 spiro atoms. The van der Waals surface area contributed by atoms with Gasteiger partial charge in [0.25, 0.3) is 0 Å². The topological polar surface area (TPSA) is 61.9 Å². The van der Waals surface area contributed by atoms with Gasteiger partial charge < -0.3 is 19.9 Å². The van der Waals surface area contributed by atoms with E-state index in [4.69, 9.17) is 4.74 Å². The van der Waals surface area contributed by atoms with Crippen LogP contribution in [0.15, 0.2) is 24.3 Å². The van der Waals surface area contributed by atoms with Crippen LogP contribution in [-0.2, 0) is 4.79 Å². The van der Waals surface area contributed by atoms with Gasteiger partial charge in [-0.15, -0.1) is 0 Å². The molecule has 24 heavy (non-hydrogen) atoms. The Morgan fingerprint density at radius 1 is 1.33 bits per heavy atom. The Morgan fingerprint density at radius 2 is 2.17 bits per heavy atom. The predicted molar refractivity (Wildman–Crippen MR) is 92.3 cm³/mol. The van der Waals surface area contributed by atoms with Gasteiger partial charge in [0, 0.05) is 37.8 Å². The van der Waals surface area contributed by atoms with Crippen molar-refractivity contribution < 1.29 is 14.3 Å². The summed E-state index contributed by atoms with van der Waals surface area (Å²) in [5.41, 5.74) is 0.808. The summed E-state index contributed by atoms with van der Waals surface area (Å²) in [5, 5.41) is 3.02. The Bertz CT molecular complexity index is 619. The number of piperidine rings is 1. The maximum atomic E-state index is 12.4. The molecular weight excluding hydrogens is 306 g/mol. The van der Waals surface area contributed by atoms with Crippen LogP contribution in [0.1, 0.15) is 26.2 Å². The monoisotopic (exact) mass is 331 g/mol. The summed E-state index contributed by atoms with van der Waals surface area (Å²) in [6.45, 7) is 4.27. The zero-order chi connectivity index (χ0) is 17.1. The van der Waals surface area contributed by atoms with Crippen molar-refractivity contribution in [1.29, 1.82) is 0 Å². The third kappa shape index (κ3) is 3.63. The number of hydrogen-bond donors (Lipinski definition) is 1. The summed E-state index contributed by atoms with van der Waals surface area (Å²) in [6.07, 6.45) is 2.57. The summed E-state index contributed by atoms with van der Waals surface area (Å²) >= 11 is 0. The highest BCUT2D eigenvalue weighted by molar-refractivity contribution is 5.97. The smallest absolute Gasteiger partial charge is 0.317 e. The molecular formula is C18H25N3O3. The van der Waals surface area contributed by atoms with Crippen LogP contribution < -0.4 is 15.0 Å². The fourth-order valence-electron chi connectivity index (χ4n) is 3.47. The second kappa shape index (κ2) is 7.11. The van der Waals surface area contributed by atoms with E-state index in [2.05, 4.69) is 12.2 Å². The first-order valence-corrected chi connectivity index (χ1v) is 8.56. The van der Waals surface area contributed by atoms with E-state index < -0.39 is 0 Å². The molecule has 130 valence electrons. The SMILES string of the molecule is COc1cccc(N2C[C@@H](NC(=O)N3CCC[C@H](C)C3)CC2=O)c1. The average Bonchev–Trinajstić information content (AvgIpc) is 2.95. The van der Waals surface area contributed by atoms with Crippen molar-refractivity contribution in [3.05, 3.63) is 24.3 Å². The van der Waals surface area contributed by atoms with Crippen molar-refractivity contribution in [2.75, 3.05) is 31.6 Å². The molecule has 2 heterocycles. The molecule has 1 aromatic rings. The molecule has 3 amide bonds. The molecule has 6 heteroatoms. The van der Waals surface area contributed by atoms with Gasteiger partial charge in [-0.05, 0) is 30.9 Å². The second-order valence-electron chi connectivity index (χ2n) is 6.75. The lowest BCUT2D eigenvalue weighted by atomic mass is 10.0. The second-order valence-corrected chi connectivity index (χ2v) is 6.75. The van der Waals surface area contributed by atoms with E-state index in [0.717, 1.165) is 30.9 Å². The van der Waals surface area contributed by atoms with Crippen LogP contribution in [0, 0.1) is 5.92 Å². The van der Waals surface area contributed by atoms with E-state index in [0.29, 0.717) is 18.9 Å². The number of carbonyl (C=O) groups excluding carboxylic acids is 2. The molecule has 0 unspecified atom stereocenters. The number of likely N-dealkylation sites (tertiary alicyclic amines) is 1. The molecule has 2 atom stereocenters. The number of hydrogen-bond acceptors (Lipinski definition) is 3. The molecule has 0 radical (unpaired) electrons. The first-order chi connectivity index (χ1) is 11.6. The Morgan fingerprint density at radius 3 is 2.92 bits per heavy atom. The molecule has 2 aliphatic heterocycles. The molecule has 6 nitrogen and oxygen atoms in total. The lowest BCUT2D eigenvalue weighted by Crippen LogP contribution is -2.49. The molecule has 2 fully saturated rings. The number of amides is 3. The van der Waals surface area contributed by atoms with Gasteiger partial charge in [0.1, 0.15) is 5.75 Å². The Balaban J connectivity index is 1.61. The van der Waals surface area contributed by atoms with E-state index in [-0.39, 0.29) is 18.0 Å². The number of urea groups is 1. The fraction of sp³-hybridized carbons (Fsp3) is 0.556. The molecule has 0 saturated carbocycles. The molecule has 1 N–H and O–H groups in total. The quantitative estimate of drug-likeness (QED) is 0.924. The van der Waals surface area contributed by atoms with E-state index in [9.17, 15) is 9.59 Å². The maximum absolute atomic E-state index is 12.4. The maximum Gasteiger partial charge on any atom is 0.317 e. The minimum Gasteiger partial charge on any atom is -0.497 e. The normalized spacial score (nSPS) is 24.2. The van der Waals surface area contributed by atoms with Gasteiger partial charge in [-0.2, -0.15) is 0 Å². The number of nitrogens with one attached hydrogen (secondary N) is 1. The van der Waals surface area contributed by atoms with E-state index in [1.54, 1.807) is 12.0 Å². The van der Waals surface area contributed by atoms with Gasteiger partial charge in [0.15, 0.2) is 0 Å². The Hall–Kier alpha value is -2.24. The summed E-state index contributed by atoms with van der Waals surface area (Å²) in [5.74, 6) is 1.29. The first kappa shape index (κ1) is 16.6. The van der Waals surface area contributed by atoms with Gasteiger partial charge in [-0.1, -0.05) is 13.0 Å². The van der Waals surface area contributed by atoms with Gasteiger partial charge in [-0.3, -0.25) is 4.79 Å². The van der Waals surface area contributed by atoms with Crippen molar-refractivity contribution in [2.24, 2.45) is 5.92 Å². The Labute approximate surface area is 142 Å². The third-order valence-electron chi connectivity index (χ3n) is 4.76.